The van der Waals surface area contributed by atoms with Crippen molar-refractivity contribution in [2.45, 2.75) is 20.3 Å². The third-order valence-corrected chi connectivity index (χ3v) is 4.56. The molecular formula is C13H19N3O3S. The number of carboxylic acids is 1. The summed E-state index contributed by atoms with van der Waals surface area (Å²) in [7, 11) is 1.75. The van der Waals surface area contributed by atoms with Gasteiger partial charge in [-0.1, -0.05) is 6.92 Å². The number of carboxylic acid groups (broad SMARTS) is 1. The predicted molar refractivity (Wildman–Crippen MR) is 77.2 cm³/mol. The second-order valence-electron chi connectivity index (χ2n) is 5.31. The summed E-state index contributed by atoms with van der Waals surface area (Å²) < 4.78 is 4.19. The fraction of sp³-hybridized carbons (Fsp3) is 0.615. The van der Waals surface area contributed by atoms with E-state index in [1.165, 1.54) is 11.5 Å². The van der Waals surface area contributed by atoms with Crippen molar-refractivity contribution in [3.8, 4) is 0 Å². The van der Waals surface area contributed by atoms with Gasteiger partial charge in [0, 0.05) is 20.1 Å². The monoisotopic (exact) mass is 297 g/mol. The number of aliphatic carboxylic acids is 1. The summed E-state index contributed by atoms with van der Waals surface area (Å²) in [5.74, 6) is -1.24. The van der Waals surface area contributed by atoms with Gasteiger partial charge in [0.2, 0.25) is 0 Å². The Morgan fingerprint density at radius 2 is 2.15 bits per heavy atom. The lowest BCUT2D eigenvalue weighted by Gasteiger charge is -2.34. The highest BCUT2D eigenvalue weighted by Crippen LogP contribution is 2.29. The molecule has 0 saturated carbocycles. The van der Waals surface area contributed by atoms with Crippen LogP contribution in [0.4, 0.5) is 5.00 Å². The Labute approximate surface area is 122 Å². The fourth-order valence-corrected chi connectivity index (χ4v) is 3.38. The Kier molecular flexibility index (Phi) is 4.27. The highest BCUT2D eigenvalue weighted by Gasteiger charge is 2.34. The van der Waals surface area contributed by atoms with Gasteiger partial charge in [-0.05, 0) is 30.8 Å². The van der Waals surface area contributed by atoms with Gasteiger partial charge in [0.25, 0.3) is 5.91 Å². The molecule has 1 aliphatic rings. The van der Waals surface area contributed by atoms with E-state index in [0.717, 1.165) is 5.00 Å². The minimum absolute atomic E-state index is 0.126. The van der Waals surface area contributed by atoms with Gasteiger partial charge in [0.15, 0.2) is 0 Å². The summed E-state index contributed by atoms with van der Waals surface area (Å²) in [5, 5.41) is 12.9. The molecule has 2 heterocycles. The van der Waals surface area contributed by atoms with Gasteiger partial charge in [-0.15, -0.1) is 0 Å². The minimum atomic E-state index is -0.830. The highest BCUT2D eigenvalue weighted by atomic mass is 32.1. The number of hydrogen-bond acceptors (Lipinski definition) is 5. The van der Waals surface area contributed by atoms with E-state index >= 15 is 0 Å². The first-order valence-electron chi connectivity index (χ1n) is 6.60. The Bertz CT molecular complexity index is 529. The van der Waals surface area contributed by atoms with Crippen LogP contribution in [0, 0.1) is 18.8 Å². The van der Waals surface area contributed by atoms with Crippen LogP contribution in [0.25, 0.3) is 0 Å². The van der Waals surface area contributed by atoms with Crippen molar-refractivity contribution >= 4 is 28.4 Å². The first kappa shape index (κ1) is 14.8. The molecule has 1 aromatic heterocycles. The van der Waals surface area contributed by atoms with Crippen LogP contribution in [0.15, 0.2) is 0 Å². The zero-order chi connectivity index (χ0) is 14.9. The van der Waals surface area contributed by atoms with E-state index in [4.69, 9.17) is 0 Å². The van der Waals surface area contributed by atoms with Crippen LogP contribution in [0.2, 0.25) is 0 Å². The Balaban J connectivity index is 2.23. The summed E-state index contributed by atoms with van der Waals surface area (Å²) in [5.41, 5.74) is 1.25. The van der Waals surface area contributed by atoms with Crippen molar-refractivity contribution in [2.24, 2.45) is 11.8 Å². The second kappa shape index (κ2) is 5.78. The molecule has 1 saturated heterocycles. The molecule has 0 radical (unpaired) electrons. The summed E-state index contributed by atoms with van der Waals surface area (Å²) in [6, 6.07) is 0. The number of rotatable bonds is 3. The number of anilines is 1. The second-order valence-corrected chi connectivity index (χ2v) is 6.08. The first-order valence-corrected chi connectivity index (χ1v) is 7.37. The molecule has 1 fully saturated rings. The van der Waals surface area contributed by atoms with Crippen molar-refractivity contribution in [1.29, 1.82) is 0 Å². The number of amides is 1. The SMILES string of the molecule is CNc1snc(C)c1C(=O)N1CC(C)CC(C(=O)O)C1. The van der Waals surface area contributed by atoms with Crippen LogP contribution in [-0.2, 0) is 4.79 Å². The zero-order valence-electron chi connectivity index (χ0n) is 11.8. The third kappa shape index (κ3) is 2.77. The van der Waals surface area contributed by atoms with Gasteiger partial charge in [-0.2, -0.15) is 4.37 Å². The van der Waals surface area contributed by atoms with Crippen LogP contribution in [0.3, 0.4) is 0 Å². The van der Waals surface area contributed by atoms with E-state index in [2.05, 4.69) is 9.69 Å². The molecule has 0 spiro atoms. The number of likely N-dealkylation sites (tertiary alicyclic amines) is 1. The molecule has 110 valence electrons. The van der Waals surface area contributed by atoms with E-state index in [-0.39, 0.29) is 18.4 Å². The molecule has 7 heteroatoms. The third-order valence-electron chi connectivity index (χ3n) is 3.60. The molecule has 0 bridgehead atoms. The average Bonchev–Trinajstić information content (AvgIpc) is 2.78. The Hall–Kier alpha value is -1.63. The number of aryl methyl sites for hydroxylation is 1. The summed E-state index contributed by atoms with van der Waals surface area (Å²) in [6.07, 6.45) is 0.624. The maximum absolute atomic E-state index is 12.6. The maximum atomic E-state index is 12.6. The van der Waals surface area contributed by atoms with E-state index in [9.17, 15) is 14.7 Å². The molecule has 20 heavy (non-hydrogen) atoms. The van der Waals surface area contributed by atoms with E-state index in [0.29, 0.717) is 24.2 Å². The fourth-order valence-electron chi connectivity index (χ4n) is 2.65. The normalized spacial score (nSPS) is 22.6. The molecule has 0 aliphatic carbocycles. The van der Waals surface area contributed by atoms with Crippen molar-refractivity contribution in [3.05, 3.63) is 11.3 Å². The van der Waals surface area contributed by atoms with Gasteiger partial charge in [-0.25, -0.2) is 0 Å². The minimum Gasteiger partial charge on any atom is -0.481 e. The van der Waals surface area contributed by atoms with Crippen LogP contribution >= 0.6 is 11.5 Å². The standard InChI is InChI=1S/C13H19N3O3S/c1-7-4-9(13(18)19)6-16(5-7)12(17)10-8(2)15-20-11(10)14-3/h7,9,14H,4-6H2,1-3H3,(H,18,19). The topological polar surface area (TPSA) is 82.5 Å². The molecule has 1 aromatic rings. The van der Waals surface area contributed by atoms with Crippen molar-refractivity contribution in [1.82, 2.24) is 9.27 Å². The summed E-state index contributed by atoms with van der Waals surface area (Å²) >= 11 is 1.25. The van der Waals surface area contributed by atoms with Gasteiger partial charge in [0.05, 0.1) is 17.2 Å². The molecule has 2 atom stereocenters. The van der Waals surface area contributed by atoms with Crippen LogP contribution in [-0.4, -0.2) is 46.4 Å². The van der Waals surface area contributed by atoms with Gasteiger partial charge in [0.1, 0.15) is 5.00 Å². The predicted octanol–water partition coefficient (Wildman–Crippen LogP) is 1.68. The van der Waals surface area contributed by atoms with Crippen molar-refractivity contribution in [3.63, 3.8) is 0 Å². The summed E-state index contributed by atoms with van der Waals surface area (Å²) in [6.45, 7) is 4.65. The molecule has 0 aromatic carbocycles. The van der Waals surface area contributed by atoms with Crippen molar-refractivity contribution < 1.29 is 14.7 Å². The smallest absolute Gasteiger partial charge is 0.308 e. The molecule has 2 rings (SSSR count). The molecule has 2 unspecified atom stereocenters. The van der Waals surface area contributed by atoms with E-state index in [1.807, 2.05) is 6.92 Å². The number of nitrogens with one attached hydrogen (secondary N) is 1. The highest BCUT2D eigenvalue weighted by molar-refractivity contribution is 7.10. The molecule has 6 nitrogen and oxygen atoms in total. The number of aromatic nitrogens is 1. The lowest BCUT2D eigenvalue weighted by molar-refractivity contribution is -0.143. The first-order chi connectivity index (χ1) is 9.43. The molecular weight excluding hydrogens is 278 g/mol. The average molecular weight is 297 g/mol. The number of piperidine rings is 1. The van der Waals surface area contributed by atoms with E-state index in [1.54, 1.807) is 18.9 Å². The Morgan fingerprint density at radius 1 is 1.45 bits per heavy atom. The molecule has 1 aliphatic heterocycles. The number of carbonyl (C=O) groups is 2. The summed E-state index contributed by atoms with van der Waals surface area (Å²) in [4.78, 5) is 25.5. The quantitative estimate of drug-likeness (QED) is 0.887. The van der Waals surface area contributed by atoms with Gasteiger partial charge >= 0.3 is 5.97 Å². The molecule has 2 N–H and O–H groups in total. The lowest BCUT2D eigenvalue weighted by Crippen LogP contribution is -2.45. The number of carbonyl (C=O) groups excluding carboxylic acids is 1. The van der Waals surface area contributed by atoms with Gasteiger partial charge in [-0.3, -0.25) is 9.59 Å². The van der Waals surface area contributed by atoms with Crippen LogP contribution in [0.5, 0.6) is 0 Å². The van der Waals surface area contributed by atoms with Gasteiger partial charge < -0.3 is 15.3 Å². The molecule has 1 amide bonds. The van der Waals surface area contributed by atoms with E-state index < -0.39 is 11.9 Å². The van der Waals surface area contributed by atoms with Crippen LogP contribution < -0.4 is 5.32 Å². The zero-order valence-corrected chi connectivity index (χ0v) is 12.7. The Morgan fingerprint density at radius 3 is 2.75 bits per heavy atom. The number of hydrogen-bond donors (Lipinski definition) is 2. The maximum Gasteiger partial charge on any atom is 0.308 e. The lowest BCUT2D eigenvalue weighted by atomic mass is 9.90. The number of nitrogens with zero attached hydrogens (tertiary/aromatic N) is 2. The largest absolute Gasteiger partial charge is 0.481 e. The van der Waals surface area contributed by atoms with Crippen molar-refractivity contribution in [2.75, 3.05) is 25.5 Å². The van der Waals surface area contributed by atoms with Crippen LogP contribution in [0.1, 0.15) is 29.4 Å².